The Morgan fingerprint density at radius 1 is 1.17 bits per heavy atom. The van der Waals surface area contributed by atoms with Crippen LogP contribution in [0.15, 0.2) is 53.7 Å². The first-order valence-corrected chi connectivity index (χ1v) is 6.86. The van der Waals surface area contributed by atoms with Crippen LogP contribution in [0, 0.1) is 10.1 Å². The van der Waals surface area contributed by atoms with E-state index >= 15 is 0 Å². The molecule has 118 valence electrons. The summed E-state index contributed by atoms with van der Waals surface area (Å²) in [6.45, 7) is 0. The lowest BCUT2D eigenvalue weighted by atomic mass is 10.1. The van der Waals surface area contributed by atoms with Crippen LogP contribution < -0.4 is 5.73 Å². The summed E-state index contributed by atoms with van der Waals surface area (Å²) in [5.74, 6) is -0.588. The number of hydrogen-bond donors (Lipinski definition) is 1. The molecule has 7 nitrogen and oxygen atoms in total. The number of amidine groups is 1. The van der Waals surface area contributed by atoms with Crippen LogP contribution in [0.5, 0.6) is 0 Å². The number of nitro benzene ring substituents is 1. The van der Waals surface area contributed by atoms with Gasteiger partial charge in [0.15, 0.2) is 0 Å². The van der Waals surface area contributed by atoms with Crippen LogP contribution >= 0.6 is 11.6 Å². The van der Waals surface area contributed by atoms with E-state index in [1.807, 2.05) is 0 Å². The molecule has 8 heteroatoms. The van der Waals surface area contributed by atoms with Crippen LogP contribution in [0.2, 0.25) is 5.02 Å². The Morgan fingerprint density at radius 2 is 1.78 bits per heavy atom. The average Bonchev–Trinajstić information content (AvgIpc) is 2.54. The van der Waals surface area contributed by atoms with Gasteiger partial charge in [0.2, 0.25) is 0 Å². The summed E-state index contributed by atoms with van der Waals surface area (Å²) in [6.07, 6.45) is 0.200. The van der Waals surface area contributed by atoms with Crippen LogP contribution in [0.25, 0.3) is 0 Å². The van der Waals surface area contributed by atoms with Gasteiger partial charge in [-0.1, -0.05) is 28.9 Å². The summed E-state index contributed by atoms with van der Waals surface area (Å²) in [7, 11) is 0. The van der Waals surface area contributed by atoms with Crippen molar-refractivity contribution >= 4 is 29.1 Å². The standard InChI is InChI=1S/C15H12ClN3O4/c16-12-5-3-11(4-6-12)15(20)23-18-14(17)9-10-1-7-13(8-2-10)19(21)22/h1-8H,9H2,(H2,17,18). The summed E-state index contributed by atoms with van der Waals surface area (Å²) in [4.78, 5) is 26.5. The van der Waals surface area contributed by atoms with Crippen molar-refractivity contribution < 1.29 is 14.6 Å². The number of carbonyl (C=O) groups is 1. The maximum atomic E-state index is 11.7. The molecule has 0 aliphatic heterocycles. The van der Waals surface area contributed by atoms with Crippen LogP contribution in [-0.4, -0.2) is 16.7 Å². The van der Waals surface area contributed by atoms with E-state index in [0.717, 1.165) is 0 Å². The van der Waals surface area contributed by atoms with Crippen molar-refractivity contribution in [2.45, 2.75) is 6.42 Å². The number of nitro groups is 1. The number of rotatable bonds is 5. The minimum atomic E-state index is -0.659. The zero-order valence-electron chi connectivity index (χ0n) is 11.8. The Hall–Kier alpha value is -2.93. The highest BCUT2D eigenvalue weighted by Gasteiger charge is 2.08. The van der Waals surface area contributed by atoms with Gasteiger partial charge in [0, 0.05) is 23.6 Å². The number of nitrogens with two attached hydrogens (primary N) is 1. The minimum absolute atomic E-state index is 0.0153. The largest absolute Gasteiger partial charge is 0.384 e. The Bertz CT molecular complexity index is 742. The highest BCUT2D eigenvalue weighted by molar-refractivity contribution is 6.30. The molecule has 0 atom stereocenters. The van der Waals surface area contributed by atoms with Gasteiger partial charge in [-0.2, -0.15) is 0 Å². The van der Waals surface area contributed by atoms with E-state index in [1.165, 1.54) is 24.3 Å². The lowest BCUT2D eigenvalue weighted by molar-refractivity contribution is -0.384. The monoisotopic (exact) mass is 333 g/mol. The first-order valence-electron chi connectivity index (χ1n) is 6.48. The fourth-order valence-corrected chi connectivity index (χ4v) is 1.84. The van der Waals surface area contributed by atoms with E-state index in [2.05, 4.69) is 5.16 Å². The summed E-state index contributed by atoms with van der Waals surface area (Å²) < 4.78 is 0. The number of carbonyl (C=O) groups excluding carboxylic acids is 1. The minimum Gasteiger partial charge on any atom is -0.384 e. The zero-order chi connectivity index (χ0) is 16.8. The average molecular weight is 334 g/mol. The fraction of sp³-hybridized carbons (Fsp3) is 0.0667. The Balaban J connectivity index is 1.95. The third kappa shape index (κ3) is 4.79. The van der Waals surface area contributed by atoms with Crippen molar-refractivity contribution in [1.29, 1.82) is 0 Å². The molecular formula is C15H12ClN3O4. The zero-order valence-corrected chi connectivity index (χ0v) is 12.6. The molecule has 0 saturated heterocycles. The van der Waals surface area contributed by atoms with E-state index in [0.29, 0.717) is 16.1 Å². The number of non-ortho nitro benzene ring substituents is 1. The quantitative estimate of drug-likeness (QED) is 0.297. The van der Waals surface area contributed by atoms with Gasteiger partial charge in [0.25, 0.3) is 5.69 Å². The first kappa shape index (κ1) is 16.4. The lowest BCUT2D eigenvalue weighted by Gasteiger charge is -2.02. The van der Waals surface area contributed by atoms with Gasteiger partial charge in [-0.25, -0.2) is 4.79 Å². The molecule has 0 aliphatic rings. The second kappa shape index (κ2) is 7.37. The molecule has 0 unspecified atom stereocenters. The molecule has 0 aliphatic carbocycles. The summed E-state index contributed by atoms with van der Waals surface area (Å²) in [5.41, 5.74) is 6.66. The van der Waals surface area contributed by atoms with Gasteiger partial charge in [0.05, 0.1) is 10.5 Å². The molecule has 0 radical (unpaired) electrons. The molecule has 2 rings (SSSR count). The van der Waals surface area contributed by atoms with Gasteiger partial charge in [-0.15, -0.1) is 0 Å². The topological polar surface area (TPSA) is 108 Å². The fourth-order valence-electron chi connectivity index (χ4n) is 1.72. The predicted octanol–water partition coefficient (Wildman–Crippen LogP) is 2.92. The molecule has 0 amide bonds. The molecule has 0 fully saturated rings. The molecular weight excluding hydrogens is 322 g/mol. The first-order chi connectivity index (χ1) is 11.0. The van der Waals surface area contributed by atoms with Crippen LogP contribution in [0.1, 0.15) is 15.9 Å². The normalized spacial score (nSPS) is 11.1. The lowest BCUT2D eigenvalue weighted by Crippen LogP contribution is -2.16. The SMILES string of the molecule is N/C(Cc1ccc([N+](=O)[O-])cc1)=N/OC(=O)c1ccc(Cl)cc1. The van der Waals surface area contributed by atoms with Gasteiger partial charge in [-0.3, -0.25) is 10.1 Å². The Labute approximate surface area is 136 Å². The summed E-state index contributed by atoms with van der Waals surface area (Å²) >= 11 is 5.72. The second-order valence-corrected chi connectivity index (χ2v) is 5.01. The molecule has 23 heavy (non-hydrogen) atoms. The van der Waals surface area contributed by atoms with Gasteiger partial charge in [-0.05, 0) is 29.8 Å². The van der Waals surface area contributed by atoms with Gasteiger partial charge < -0.3 is 10.6 Å². The van der Waals surface area contributed by atoms with E-state index in [1.54, 1.807) is 24.3 Å². The van der Waals surface area contributed by atoms with Gasteiger partial charge in [0.1, 0.15) is 5.84 Å². The third-order valence-corrected chi connectivity index (χ3v) is 3.11. The smallest absolute Gasteiger partial charge is 0.365 e. The number of halogens is 1. The van der Waals surface area contributed by atoms with Crippen molar-refractivity contribution in [3.8, 4) is 0 Å². The number of oxime groups is 1. The molecule has 2 aromatic carbocycles. The predicted molar refractivity (Wildman–Crippen MR) is 85.3 cm³/mol. The number of nitrogens with zero attached hydrogens (tertiary/aromatic N) is 2. The van der Waals surface area contributed by atoms with Crippen LogP contribution in [0.3, 0.4) is 0 Å². The van der Waals surface area contributed by atoms with Crippen molar-refractivity contribution in [3.05, 3.63) is 74.8 Å². The van der Waals surface area contributed by atoms with Crippen LogP contribution in [-0.2, 0) is 11.3 Å². The summed E-state index contributed by atoms with van der Waals surface area (Å²) in [6, 6.07) is 12.0. The molecule has 0 spiro atoms. The highest BCUT2D eigenvalue weighted by Crippen LogP contribution is 2.13. The highest BCUT2D eigenvalue weighted by atomic mass is 35.5. The second-order valence-electron chi connectivity index (χ2n) is 4.57. The molecule has 0 heterocycles. The molecule has 2 aromatic rings. The van der Waals surface area contributed by atoms with Crippen molar-refractivity contribution in [2.75, 3.05) is 0 Å². The number of hydrogen-bond acceptors (Lipinski definition) is 5. The Morgan fingerprint density at radius 3 is 2.35 bits per heavy atom. The maximum Gasteiger partial charge on any atom is 0.365 e. The molecule has 0 bridgehead atoms. The van der Waals surface area contributed by atoms with E-state index < -0.39 is 10.9 Å². The van der Waals surface area contributed by atoms with Crippen LogP contribution in [0.4, 0.5) is 5.69 Å². The van der Waals surface area contributed by atoms with Crippen molar-refractivity contribution in [2.24, 2.45) is 10.9 Å². The number of benzene rings is 2. The van der Waals surface area contributed by atoms with Crippen molar-refractivity contribution in [3.63, 3.8) is 0 Å². The molecule has 0 saturated carbocycles. The molecule has 2 N–H and O–H groups in total. The summed E-state index contributed by atoms with van der Waals surface area (Å²) in [5, 5.41) is 14.6. The maximum absolute atomic E-state index is 11.7. The van der Waals surface area contributed by atoms with E-state index in [-0.39, 0.29) is 17.9 Å². The van der Waals surface area contributed by atoms with Gasteiger partial charge >= 0.3 is 5.97 Å². The van der Waals surface area contributed by atoms with E-state index in [4.69, 9.17) is 22.2 Å². The van der Waals surface area contributed by atoms with E-state index in [9.17, 15) is 14.9 Å². The third-order valence-electron chi connectivity index (χ3n) is 2.86. The Kier molecular flexibility index (Phi) is 5.27. The molecule has 0 aromatic heterocycles. The van der Waals surface area contributed by atoms with Crippen molar-refractivity contribution in [1.82, 2.24) is 0 Å².